The molecule has 1 saturated heterocycles. The second-order valence-corrected chi connectivity index (χ2v) is 6.15. The lowest BCUT2D eigenvalue weighted by atomic mass is 9.74. The number of hydrogen-bond donors (Lipinski definition) is 0. The molecule has 1 saturated carbocycles. The van der Waals surface area contributed by atoms with Crippen LogP contribution in [0.3, 0.4) is 0 Å². The molecule has 0 bridgehead atoms. The highest BCUT2D eigenvalue weighted by Crippen LogP contribution is 2.43. The maximum atomic E-state index is 13.2. The summed E-state index contributed by atoms with van der Waals surface area (Å²) in [4.78, 5) is 2.70. The second-order valence-electron chi connectivity index (χ2n) is 6.15. The van der Waals surface area contributed by atoms with Gasteiger partial charge in [-0.15, -0.1) is 12.4 Å². The minimum atomic E-state index is -0.117. The first kappa shape index (κ1) is 15.8. The van der Waals surface area contributed by atoms with Crippen molar-refractivity contribution < 1.29 is 4.39 Å². The zero-order valence-corrected chi connectivity index (χ0v) is 12.9. The normalized spacial score (nSPS) is 23.1. The molecule has 0 spiro atoms. The highest BCUT2D eigenvalue weighted by atomic mass is 35.5. The fourth-order valence-corrected chi connectivity index (χ4v) is 4.01. The molecule has 2 aliphatic rings. The summed E-state index contributed by atoms with van der Waals surface area (Å²) >= 11 is 0. The summed E-state index contributed by atoms with van der Waals surface area (Å²) in [5, 5.41) is 0. The van der Waals surface area contributed by atoms with Gasteiger partial charge in [-0.2, -0.15) is 0 Å². The summed E-state index contributed by atoms with van der Waals surface area (Å²) in [5.41, 5.74) is 1.54. The molecule has 1 aromatic carbocycles. The largest absolute Gasteiger partial charge is 0.294 e. The van der Waals surface area contributed by atoms with Crippen molar-refractivity contribution in [1.29, 1.82) is 0 Å². The zero-order chi connectivity index (χ0) is 13.1. The van der Waals surface area contributed by atoms with Crippen LogP contribution in [0.2, 0.25) is 0 Å². The van der Waals surface area contributed by atoms with Crippen molar-refractivity contribution >= 4 is 12.4 Å². The minimum absolute atomic E-state index is 0. The van der Waals surface area contributed by atoms with Gasteiger partial charge in [0.25, 0.3) is 0 Å². The van der Waals surface area contributed by atoms with Gasteiger partial charge in [-0.05, 0) is 56.5 Å². The van der Waals surface area contributed by atoms with Crippen molar-refractivity contribution in [3.8, 4) is 0 Å². The molecule has 0 N–H and O–H groups in total. The van der Waals surface area contributed by atoms with Crippen molar-refractivity contribution in [2.75, 3.05) is 13.1 Å². The third-order valence-corrected chi connectivity index (χ3v) is 5.02. The van der Waals surface area contributed by atoms with E-state index in [1.165, 1.54) is 70.0 Å². The summed E-state index contributed by atoms with van der Waals surface area (Å²) in [7, 11) is 0. The van der Waals surface area contributed by atoms with Crippen LogP contribution in [0.25, 0.3) is 0 Å². The Bertz CT molecular complexity index is 406. The van der Waals surface area contributed by atoms with Gasteiger partial charge in [0.2, 0.25) is 0 Å². The molecular weight excluding hydrogens is 273 g/mol. The molecule has 20 heavy (non-hydrogen) atoms. The van der Waals surface area contributed by atoms with Crippen molar-refractivity contribution in [1.82, 2.24) is 4.90 Å². The third-order valence-electron chi connectivity index (χ3n) is 5.02. The first-order chi connectivity index (χ1) is 9.31. The van der Waals surface area contributed by atoms with Gasteiger partial charge < -0.3 is 0 Å². The van der Waals surface area contributed by atoms with Gasteiger partial charge >= 0.3 is 0 Å². The molecule has 0 unspecified atom stereocenters. The summed E-state index contributed by atoms with van der Waals surface area (Å²) in [6.07, 6.45) is 10.5. The van der Waals surface area contributed by atoms with E-state index in [9.17, 15) is 4.39 Å². The molecule has 0 aromatic heterocycles. The van der Waals surface area contributed by atoms with Crippen LogP contribution in [-0.2, 0) is 5.54 Å². The molecule has 1 nitrogen and oxygen atoms in total. The monoisotopic (exact) mass is 297 g/mol. The van der Waals surface area contributed by atoms with Crippen LogP contribution >= 0.6 is 12.4 Å². The van der Waals surface area contributed by atoms with Gasteiger partial charge in [0.1, 0.15) is 5.82 Å². The number of benzene rings is 1. The van der Waals surface area contributed by atoms with Crippen LogP contribution in [0, 0.1) is 5.82 Å². The van der Waals surface area contributed by atoms with Crippen LogP contribution in [0.1, 0.15) is 56.9 Å². The average molecular weight is 298 g/mol. The lowest BCUT2D eigenvalue weighted by Gasteiger charge is -2.48. The van der Waals surface area contributed by atoms with Gasteiger partial charge in [-0.25, -0.2) is 4.39 Å². The smallest absolute Gasteiger partial charge is 0.123 e. The lowest BCUT2D eigenvalue weighted by molar-refractivity contribution is 0.0303. The van der Waals surface area contributed by atoms with Crippen molar-refractivity contribution in [3.05, 3.63) is 35.6 Å². The van der Waals surface area contributed by atoms with Crippen LogP contribution in [0.15, 0.2) is 24.3 Å². The SMILES string of the molecule is Cl.Fc1ccc(C2(N3CCCCC3)CCCCC2)cc1. The highest BCUT2D eigenvalue weighted by molar-refractivity contribution is 5.85. The first-order valence-corrected chi connectivity index (χ1v) is 7.82. The molecule has 3 heteroatoms. The van der Waals surface area contributed by atoms with Crippen LogP contribution in [0.4, 0.5) is 4.39 Å². The summed E-state index contributed by atoms with van der Waals surface area (Å²) < 4.78 is 13.2. The van der Waals surface area contributed by atoms with E-state index in [4.69, 9.17) is 0 Å². The first-order valence-electron chi connectivity index (χ1n) is 7.82. The van der Waals surface area contributed by atoms with E-state index in [0.29, 0.717) is 0 Å². The predicted molar refractivity (Wildman–Crippen MR) is 83.8 cm³/mol. The van der Waals surface area contributed by atoms with Crippen molar-refractivity contribution in [3.63, 3.8) is 0 Å². The Morgan fingerprint density at radius 1 is 0.800 bits per heavy atom. The van der Waals surface area contributed by atoms with E-state index in [1.54, 1.807) is 12.1 Å². The van der Waals surface area contributed by atoms with Gasteiger partial charge in [-0.3, -0.25) is 4.90 Å². The van der Waals surface area contributed by atoms with Gasteiger partial charge in [0.05, 0.1) is 0 Å². The number of likely N-dealkylation sites (tertiary alicyclic amines) is 1. The van der Waals surface area contributed by atoms with Gasteiger partial charge in [0, 0.05) is 5.54 Å². The highest BCUT2D eigenvalue weighted by Gasteiger charge is 2.39. The Morgan fingerprint density at radius 2 is 1.35 bits per heavy atom. The molecule has 1 aliphatic heterocycles. The maximum absolute atomic E-state index is 13.2. The van der Waals surface area contributed by atoms with Crippen molar-refractivity contribution in [2.24, 2.45) is 0 Å². The second kappa shape index (κ2) is 6.91. The zero-order valence-electron chi connectivity index (χ0n) is 12.1. The standard InChI is InChI=1S/C17H24FN.ClH/c18-16-9-7-15(8-10-16)17(11-3-1-4-12-17)19-13-5-2-6-14-19;/h7-10H,1-6,11-14H2;1H. The van der Waals surface area contributed by atoms with Crippen molar-refractivity contribution in [2.45, 2.75) is 56.9 Å². The van der Waals surface area contributed by atoms with Crippen LogP contribution in [-0.4, -0.2) is 18.0 Å². The summed E-state index contributed by atoms with van der Waals surface area (Å²) in [6.45, 7) is 2.44. The molecule has 0 radical (unpaired) electrons. The van der Waals surface area contributed by atoms with E-state index < -0.39 is 0 Å². The number of nitrogens with zero attached hydrogens (tertiary/aromatic N) is 1. The molecule has 3 rings (SSSR count). The van der Waals surface area contributed by atoms with E-state index in [2.05, 4.69) is 4.90 Å². The molecule has 0 amide bonds. The number of halogens is 2. The van der Waals surface area contributed by atoms with Crippen LogP contribution in [0.5, 0.6) is 0 Å². The van der Waals surface area contributed by atoms with E-state index in [0.717, 1.165) is 0 Å². The Kier molecular flexibility index (Phi) is 5.45. The quantitative estimate of drug-likeness (QED) is 0.751. The Morgan fingerprint density at radius 3 is 1.95 bits per heavy atom. The third kappa shape index (κ3) is 3.01. The molecule has 2 fully saturated rings. The van der Waals surface area contributed by atoms with E-state index in [1.807, 2.05) is 12.1 Å². The average Bonchev–Trinajstić information content (AvgIpc) is 2.49. The fourth-order valence-electron chi connectivity index (χ4n) is 4.01. The number of piperidine rings is 1. The molecule has 1 heterocycles. The minimum Gasteiger partial charge on any atom is -0.294 e. The molecular formula is C17H25ClFN. The van der Waals surface area contributed by atoms with E-state index in [-0.39, 0.29) is 23.8 Å². The summed E-state index contributed by atoms with van der Waals surface area (Å²) in [6, 6.07) is 7.32. The van der Waals surface area contributed by atoms with E-state index >= 15 is 0 Å². The topological polar surface area (TPSA) is 3.24 Å². The number of hydrogen-bond acceptors (Lipinski definition) is 1. The lowest BCUT2D eigenvalue weighted by Crippen LogP contribution is -2.49. The Balaban J connectivity index is 0.00000147. The molecule has 1 aliphatic carbocycles. The summed E-state index contributed by atoms with van der Waals surface area (Å²) in [5.74, 6) is -0.117. The molecule has 112 valence electrons. The Hall–Kier alpha value is -0.600. The molecule has 1 aromatic rings. The fraction of sp³-hybridized carbons (Fsp3) is 0.647. The molecule has 0 atom stereocenters. The Labute approximate surface area is 128 Å². The van der Waals surface area contributed by atoms with Gasteiger partial charge in [0.15, 0.2) is 0 Å². The van der Waals surface area contributed by atoms with Gasteiger partial charge in [-0.1, -0.05) is 37.8 Å². The predicted octanol–water partition coefficient (Wildman–Crippen LogP) is 4.89. The maximum Gasteiger partial charge on any atom is 0.123 e. The number of rotatable bonds is 2. The van der Waals surface area contributed by atoms with Crippen LogP contribution < -0.4 is 0 Å².